The molecule has 0 radical (unpaired) electrons. The van der Waals surface area contributed by atoms with Crippen molar-refractivity contribution in [3.8, 4) is 0 Å². The Morgan fingerprint density at radius 1 is 1.32 bits per heavy atom. The van der Waals surface area contributed by atoms with Gasteiger partial charge in [0.05, 0.1) is 17.0 Å². The Balaban J connectivity index is 2.24. The van der Waals surface area contributed by atoms with Crippen LogP contribution in [0.2, 0.25) is 0 Å². The van der Waals surface area contributed by atoms with Gasteiger partial charge in [0.15, 0.2) is 0 Å². The number of rotatable bonds is 3. The zero-order valence-electron chi connectivity index (χ0n) is 10.9. The number of carbonyl (C=O) groups is 1. The van der Waals surface area contributed by atoms with Gasteiger partial charge in [0.1, 0.15) is 0 Å². The van der Waals surface area contributed by atoms with E-state index in [0.29, 0.717) is 0 Å². The monoisotopic (exact) mass is 451 g/mol. The first kappa shape index (κ1) is 17.4. The van der Waals surface area contributed by atoms with Gasteiger partial charge in [-0.1, -0.05) is 0 Å². The van der Waals surface area contributed by atoms with E-state index in [1.54, 1.807) is 22.6 Å². The molecule has 1 amide bonds. The van der Waals surface area contributed by atoms with Gasteiger partial charge in [-0.15, -0.1) is 3.89 Å². The lowest BCUT2D eigenvalue weighted by Gasteiger charge is -2.19. The Kier molecular flexibility index (Phi) is 4.71. The second-order valence-electron chi connectivity index (χ2n) is 4.94. The molecular formula is C12H10F4INO3S. The normalized spacial score (nSPS) is 19.8. The van der Waals surface area contributed by atoms with Gasteiger partial charge in [0.25, 0.3) is 0 Å². The highest BCUT2D eigenvalue weighted by atomic mass is 127. The fourth-order valence-electron chi connectivity index (χ4n) is 2.31. The molecule has 122 valence electrons. The number of benzene rings is 1. The molecule has 10 heteroatoms. The Hall–Kier alpha value is -0.910. The van der Waals surface area contributed by atoms with Crippen LogP contribution < -0.4 is 4.90 Å². The van der Waals surface area contributed by atoms with Crippen LogP contribution in [0.5, 0.6) is 0 Å². The summed E-state index contributed by atoms with van der Waals surface area (Å²) >= 11 is 1.67. The highest BCUT2D eigenvalue weighted by molar-refractivity contribution is 14.1. The average molecular weight is 451 g/mol. The van der Waals surface area contributed by atoms with E-state index in [2.05, 4.69) is 0 Å². The summed E-state index contributed by atoms with van der Waals surface area (Å²) in [6, 6.07) is 2.92. The molecule has 4 nitrogen and oxygen atoms in total. The molecule has 0 spiro atoms. The number of nitrogens with zero attached hydrogens (tertiary/aromatic N) is 1. The molecule has 1 aromatic carbocycles. The van der Waals surface area contributed by atoms with Gasteiger partial charge < -0.3 is 4.90 Å². The van der Waals surface area contributed by atoms with Crippen LogP contribution in [-0.4, -0.2) is 26.6 Å². The SMILES string of the molecule is O=C1CC(CS(=O)(=O)F)CN1c1ccc(C(F)(F)F)cc1I. The van der Waals surface area contributed by atoms with Crippen molar-refractivity contribution in [1.29, 1.82) is 0 Å². The molecule has 1 aliphatic heterocycles. The maximum absolute atomic E-state index is 12.7. The van der Waals surface area contributed by atoms with Crippen molar-refractivity contribution in [3.63, 3.8) is 0 Å². The third-order valence-electron chi connectivity index (χ3n) is 3.21. The van der Waals surface area contributed by atoms with E-state index in [1.165, 1.54) is 4.90 Å². The standard InChI is InChI=1S/C12H10F4INO3S/c13-12(14,15)8-1-2-10(9(17)4-8)18-5-7(3-11(18)19)6-22(16,20)21/h1-2,4,7H,3,5-6H2. The third-order valence-corrected chi connectivity index (χ3v) is 4.94. The van der Waals surface area contributed by atoms with Crippen molar-refractivity contribution < 1.29 is 30.3 Å². The van der Waals surface area contributed by atoms with Crippen molar-refractivity contribution in [1.82, 2.24) is 0 Å². The van der Waals surface area contributed by atoms with E-state index in [1.807, 2.05) is 0 Å². The van der Waals surface area contributed by atoms with E-state index in [0.717, 1.165) is 18.2 Å². The van der Waals surface area contributed by atoms with Crippen molar-refractivity contribution in [2.24, 2.45) is 5.92 Å². The summed E-state index contributed by atoms with van der Waals surface area (Å²) in [5.74, 6) is -1.92. The van der Waals surface area contributed by atoms with Crippen molar-refractivity contribution in [2.45, 2.75) is 12.6 Å². The van der Waals surface area contributed by atoms with Gasteiger partial charge >= 0.3 is 16.4 Å². The van der Waals surface area contributed by atoms with Crippen molar-refractivity contribution in [3.05, 3.63) is 27.3 Å². The van der Waals surface area contributed by atoms with Crippen LogP contribution >= 0.6 is 22.6 Å². The molecule has 2 rings (SSSR count). The van der Waals surface area contributed by atoms with Gasteiger partial charge in [-0.2, -0.15) is 21.6 Å². The first-order chi connectivity index (χ1) is 9.97. The Bertz CT molecular complexity index is 705. The fraction of sp³-hybridized carbons (Fsp3) is 0.417. The summed E-state index contributed by atoms with van der Waals surface area (Å²) in [5.41, 5.74) is -0.576. The predicted molar refractivity (Wildman–Crippen MR) is 79.5 cm³/mol. The summed E-state index contributed by atoms with van der Waals surface area (Å²) in [6.07, 6.45) is -4.64. The van der Waals surface area contributed by atoms with E-state index in [9.17, 15) is 30.3 Å². The van der Waals surface area contributed by atoms with E-state index in [-0.39, 0.29) is 22.2 Å². The van der Waals surface area contributed by atoms with Crippen LogP contribution in [0.1, 0.15) is 12.0 Å². The minimum atomic E-state index is -4.70. The maximum Gasteiger partial charge on any atom is 0.416 e. The minimum Gasteiger partial charge on any atom is -0.311 e. The number of hydrogen-bond donors (Lipinski definition) is 0. The number of alkyl halides is 3. The Labute approximate surface area is 137 Å². The van der Waals surface area contributed by atoms with Crippen molar-refractivity contribution >= 4 is 44.4 Å². The first-order valence-corrected chi connectivity index (χ1v) is 8.70. The first-order valence-electron chi connectivity index (χ1n) is 6.07. The highest BCUT2D eigenvalue weighted by Gasteiger charge is 2.36. The molecule has 0 saturated carbocycles. The summed E-state index contributed by atoms with van der Waals surface area (Å²) in [4.78, 5) is 13.1. The molecule has 1 aromatic rings. The predicted octanol–water partition coefficient (Wildman–Crippen LogP) is 2.96. The Morgan fingerprint density at radius 3 is 2.45 bits per heavy atom. The van der Waals surface area contributed by atoms with Gasteiger partial charge in [-0.05, 0) is 40.8 Å². The molecule has 0 N–H and O–H groups in total. The highest BCUT2D eigenvalue weighted by Crippen LogP contribution is 2.35. The zero-order valence-corrected chi connectivity index (χ0v) is 13.9. The summed E-state index contributed by atoms with van der Waals surface area (Å²) in [7, 11) is -4.70. The molecule has 1 saturated heterocycles. The molecule has 1 atom stereocenters. The lowest BCUT2D eigenvalue weighted by atomic mass is 10.1. The quantitative estimate of drug-likeness (QED) is 0.404. The van der Waals surface area contributed by atoms with Gasteiger partial charge in [0, 0.05) is 22.5 Å². The summed E-state index contributed by atoms with van der Waals surface area (Å²) in [5, 5.41) is 0. The van der Waals surface area contributed by atoms with Crippen LogP contribution in [0.4, 0.5) is 22.7 Å². The molecule has 22 heavy (non-hydrogen) atoms. The largest absolute Gasteiger partial charge is 0.416 e. The van der Waals surface area contributed by atoms with Gasteiger partial charge in [-0.3, -0.25) is 4.79 Å². The van der Waals surface area contributed by atoms with Crippen LogP contribution in [0.3, 0.4) is 0 Å². The van der Waals surface area contributed by atoms with Gasteiger partial charge in [-0.25, -0.2) is 0 Å². The minimum absolute atomic E-state index is 0.0383. The number of amides is 1. The molecule has 1 aliphatic rings. The molecule has 0 bridgehead atoms. The molecular weight excluding hydrogens is 441 g/mol. The van der Waals surface area contributed by atoms with Crippen molar-refractivity contribution in [2.75, 3.05) is 17.2 Å². The topological polar surface area (TPSA) is 54.5 Å². The van der Waals surface area contributed by atoms with Crippen LogP contribution in [0, 0.1) is 9.49 Å². The maximum atomic E-state index is 12.7. The molecule has 1 heterocycles. The summed E-state index contributed by atoms with van der Waals surface area (Å²) in [6.45, 7) is -0.0383. The second kappa shape index (κ2) is 5.95. The average Bonchev–Trinajstić information content (AvgIpc) is 2.66. The van der Waals surface area contributed by atoms with Crippen LogP contribution in [-0.2, 0) is 21.2 Å². The molecule has 0 aromatic heterocycles. The zero-order chi connectivity index (χ0) is 16.7. The lowest BCUT2D eigenvalue weighted by molar-refractivity contribution is -0.137. The second-order valence-corrected chi connectivity index (χ2v) is 7.52. The van der Waals surface area contributed by atoms with Gasteiger partial charge in [0.2, 0.25) is 5.91 Å². The Morgan fingerprint density at radius 2 is 1.95 bits per heavy atom. The smallest absolute Gasteiger partial charge is 0.311 e. The molecule has 1 fully saturated rings. The number of hydrogen-bond acceptors (Lipinski definition) is 3. The van der Waals surface area contributed by atoms with Crippen LogP contribution in [0.15, 0.2) is 18.2 Å². The number of carbonyl (C=O) groups excluding carboxylic acids is 1. The number of halogens is 5. The number of anilines is 1. The van der Waals surface area contributed by atoms with E-state index in [4.69, 9.17) is 0 Å². The summed E-state index contributed by atoms with van der Waals surface area (Å²) < 4.78 is 72.0. The third kappa shape index (κ3) is 4.09. The van der Waals surface area contributed by atoms with Crippen LogP contribution in [0.25, 0.3) is 0 Å². The molecule has 0 aliphatic carbocycles. The van der Waals surface area contributed by atoms with E-state index >= 15 is 0 Å². The molecule has 1 unspecified atom stereocenters. The lowest BCUT2D eigenvalue weighted by Crippen LogP contribution is -2.26. The fourth-order valence-corrected chi connectivity index (χ4v) is 3.90. The van der Waals surface area contributed by atoms with E-state index < -0.39 is 39.5 Å².